The van der Waals surface area contributed by atoms with Crippen LogP contribution in [0.2, 0.25) is 0 Å². The summed E-state index contributed by atoms with van der Waals surface area (Å²) in [5.41, 5.74) is 0.218. The molecule has 41 heavy (non-hydrogen) atoms. The van der Waals surface area contributed by atoms with Gasteiger partial charge in [0.15, 0.2) is 11.6 Å². The van der Waals surface area contributed by atoms with Crippen LogP contribution in [-0.2, 0) is 22.4 Å². The Balaban J connectivity index is 1.07. The summed E-state index contributed by atoms with van der Waals surface area (Å²) in [6, 6.07) is 0. The quantitative estimate of drug-likeness (QED) is 0.334. The van der Waals surface area contributed by atoms with Gasteiger partial charge in [-0.25, -0.2) is 0 Å². The summed E-state index contributed by atoms with van der Waals surface area (Å²) < 4.78 is 10.9. The van der Waals surface area contributed by atoms with Gasteiger partial charge in [-0.3, -0.25) is 9.59 Å². The highest BCUT2D eigenvalue weighted by Gasteiger charge is 2.29. The Labute approximate surface area is 245 Å². The fourth-order valence-electron chi connectivity index (χ4n) is 5.74. The summed E-state index contributed by atoms with van der Waals surface area (Å²) in [7, 11) is 0. The molecule has 0 aromatic carbocycles. The maximum Gasteiger partial charge on any atom is 0.227 e. The van der Waals surface area contributed by atoms with Gasteiger partial charge in [0, 0.05) is 63.7 Å². The van der Waals surface area contributed by atoms with Crippen molar-refractivity contribution in [3.63, 3.8) is 0 Å². The van der Waals surface area contributed by atoms with Crippen molar-refractivity contribution in [1.29, 1.82) is 0 Å². The number of hydrogen-bond donors (Lipinski definition) is 0. The summed E-state index contributed by atoms with van der Waals surface area (Å²) in [6.45, 7) is 15.9. The number of nitrogens with zero attached hydrogens (tertiary/aromatic N) is 6. The van der Waals surface area contributed by atoms with Crippen LogP contribution in [0, 0.1) is 10.8 Å². The second-order valence-electron chi connectivity index (χ2n) is 14.4. The minimum atomic E-state index is 0.109. The van der Waals surface area contributed by atoms with Crippen LogP contribution in [0.4, 0.5) is 0 Å². The lowest BCUT2D eigenvalue weighted by Crippen LogP contribution is -2.38. The number of hydrogen-bond acceptors (Lipinski definition) is 8. The van der Waals surface area contributed by atoms with Crippen molar-refractivity contribution in [2.75, 3.05) is 26.2 Å². The van der Waals surface area contributed by atoms with Crippen LogP contribution < -0.4 is 0 Å². The molecule has 0 bridgehead atoms. The lowest BCUT2D eigenvalue weighted by molar-refractivity contribution is -0.132. The minimum absolute atomic E-state index is 0.109. The van der Waals surface area contributed by atoms with Gasteiger partial charge in [0.25, 0.3) is 0 Å². The normalized spacial score (nSPS) is 17.8. The van der Waals surface area contributed by atoms with Crippen LogP contribution in [0.15, 0.2) is 9.05 Å². The van der Waals surface area contributed by atoms with Gasteiger partial charge in [0.2, 0.25) is 23.6 Å². The van der Waals surface area contributed by atoms with Gasteiger partial charge in [-0.1, -0.05) is 58.3 Å². The maximum absolute atomic E-state index is 12.7. The Kier molecular flexibility index (Phi) is 10.2. The van der Waals surface area contributed by atoms with E-state index in [0.717, 1.165) is 95.6 Å². The van der Waals surface area contributed by atoms with Crippen molar-refractivity contribution in [3.8, 4) is 0 Å². The molecular formula is C31H50N6O4. The third kappa shape index (κ3) is 9.64. The molecule has 0 unspecified atom stereocenters. The zero-order chi connectivity index (χ0) is 29.6. The van der Waals surface area contributed by atoms with E-state index >= 15 is 0 Å². The summed E-state index contributed by atoms with van der Waals surface area (Å²) in [5, 5.41) is 8.42. The first-order valence-electron chi connectivity index (χ1n) is 15.6. The molecule has 10 heteroatoms. The molecule has 228 valence electrons. The molecule has 2 aromatic rings. The molecule has 4 heterocycles. The van der Waals surface area contributed by atoms with Crippen molar-refractivity contribution >= 4 is 11.8 Å². The van der Waals surface area contributed by atoms with E-state index in [-0.39, 0.29) is 34.5 Å². The van der Waals surface area contributed by atoms with Gasteiger partial charge < -0.3 is 18.8 Å². The van der Waals surface area contributed by atoms with E-state index in [1.807, 2.05) is 9.80 Å². The largest absolute Gasteiger partial charge is 0.343 e. The SMILES string of the molecule is CC(C)(C)Cc1nc(C2CCN(C(=O)CCCCCC(=O)N3CCC(c4noc(CC(C)(C)C)n4)CC3)CC2)no1. The van der Waals surface area contributed by atoms with Crippen LogP contribution in [0.1, 0.15) is 135 Å². The number of piperidine rings is 2. The van der Waals surface area contributed by atoms with Crippen LogP contribution >= 0.6 is 0 Å². The van der Waals surface area contributed by atoms with Crippen LogP contribution in [0.5, 0.6) is 0 Å². The lowest BCUT2D eigenvalue weighted by atomic mass is 9.92. The first kappa shape index (κ1) is 31.2. The lowest BCUT2D eigenvalue weighted by Gasteiger charge is -2.31. The molecule has 2 amide bonds. The Morgan fingerprint density at radius 1 is 0.659 bits per heavy atom. The zero-order valence-electron chi connectivity index (χ0n) is 26.1. The Bertz CT molecular complexity index is 1040. The molecule has 2 fully saturated rings. The molecule has 10 nitrogen and oxygen atoms in total. The molecule has 0 spiro atoms. The molecular weight excluding hydrogens is 520 g/mol. The van der Waals surface area contributed by atoms with E-state index in [9.17, 15) is 9.59 Å². The van der Waals surface area contributed by atoms with E-state index in [0.29, 0.717) is 24.6 Å². The smallest absolute Gasteiger partial charge is 0.227 e. The summed E-state index contributed by atoms with van der Waals surface area (Å²) >= 11 is 0. The number of unbranched alkanes of at least 4 members (excludes halogenated alkanes) is 2. The van der Waals surface area contributed by atoms with Gasteiger partial charge in [-0.2, -0.15) is 9.97 Å². The maximum atomic E-state index is 12.7. The topological polar surface area (TPSA) is 118 Å². The Morgan fingerprint density at radius 2 is 1.02 bits per heavy atom. The van der Waals surface area contributed by atoms with Crippen molar-refractivity contribution in [1.82, 2.24) is 30.1 Å². The van der Waals surface area contributed by atoms with Gasteiger partial charge in [0.1, 0.15) is 0 Å². The average Bonchev–Trinajstić information content (AvgIpc) is 3.56. The molecule has 2 saturated heterocycles. The second-order valence-corrected chi connectivity index (χ2v) is 14.4. The van der Waals surface area contributed by atoms with Gasteiger partial charge in [-0.15, -0.1) is 0 Å². The molecule has 0 aliphatic carbocycles. The number of carbonyl (C=O) groups is 2. The average molecular weight is 571 g/mol. The minimum Gasteiger partial charge on any atom is -0.343 e. The van der Waals surface area contributed by atoms with Crippen molar-refractivity contribution in [2.45, 2.75) is 124 Å². The first-order valence-corrected chi connectivity index (χ1v) is 15.6. The van der Waals surface area contributed by atoms with Crippen LogP contribution in [0.25, 0.3) is 0 Å². The zero-order valence-corrected chi connectivity index (χ0v) is 26.1. The van der Waals surface area contributed by atoms with Crippen LogP contribution in [0.3, 0.4) is 0 Å². The van der Waals surface area contributed by atoms with Crippen molar-refractivity contribution in [2.24, 2.45) is 10.8 Å². The second kappa shape index (κ2) is 13.5. The first-order chi connectivity index (χ1) is 19.4. The molecule has 0 saturated carbocycles. The molecule has 0 N–H and O–H groups in total. The standard InChI is InChI=1S/C31H50N6O4/c1-30(2,3)20-24-32-28(34-40-24)22-12-16-36(17-13-22)26(38)10-8-7-9-11-27(39)37-18-14-23(15-19-37)29-33-25(41-35-29)21-31(4,5)6/h22-23H,7-21H2,1-6H3. The van der Waals surface area contributed by atoms with E-state index in [4.69, 9.17) is 9.05 Å². The van der Waals surface area contributed by atoms with Crippen LogP contribution in [-0.4, -0.2) is 68.1 Å². The Morgan fingerprint density at radius 3 is 1.37 bits per heavy atom. The molecule has 4 rings (SSSR count). The van der Waals surface area contributed by atoms with E-state index in [2.05, 4.69) is 61.8 Å². The Hall–Kier alpha value is -2.78. The van der Waals surface area contributed by atoms with E-state index in [1.165, 1.54) is 0 Å². The summed E-state index contributed by atoms with van der Waals surface area (Å²) in [4.78, 5) is 38.7. The number of rotatable bonds is 10. The number of likely N-dealkylation sites (tertiary alicyclic amines) is 2. The number of carbonyl (C=O) groups excluding carboxylic acids is 2. The molecule has 0 radical (unpaired) electrons. The predicted octanol–water partition coefficient (Wildman–Crippen LogP) is 5.69. The van der Waals surface area contributed by atoms with Crippen molar-refractivity contribution < 1.29 is 18.6 Å². The molecule has 2 aromatic heterocycles. The molecule has 0 atom stereocenters. The third-order valence-corrected chi connectivity index (χ3v) is 8.04. The highest BCUT2D eigenvalue weighted by molar-refractivity contribution is 5.77. The highest BCUT2D eigenvalue weighted by Crippen LogP contribution is 2.29. The molecule has 2 aliphatic rings. The van der Waals surface area contributed by atoms with E-state index < -0.39 is 0 Å². The van der Waals surface area contributed by atoms with Gasteiger partial charge in [0.05, 0.1) is 0 Å². The highest BCUT2D eigenvalue weighted by atomic mass is 16.5. The molecule has 2 aliphatic heterocycles. The third-order valence-electron chi connectivity index (χ3n) is 8.04. The fraction of sp³-hybridized carbons (Fsp3) is 0.806. The van der Waals surface area contributed by atoms with Crippen molar-refractivity contribution in [3.05, 3.63) is 23.4 Å². The van der Waals surface area contributed by atoms with E-state index in [1.54, 1.807) is 0 Å². The predicted molar refractivity (Wildman–Crippen MR) is 155 cm³/mol. The summed E-state index contributed by atoms with van der Waals surface area (Å²) in [5.74, 6) is 3.90. The monoisotopic (exact) mass is 570 g/mol. The van der Waals surface area contributed by atoms with Gasteiger partial charge in [-0.05, 0) is 49.4 Å². The number of aromatic nitrogens is 4. The number of amides is 2. The van der Waals surface area contributed by atoms with Gasteiger partial charge >= 0.3 is 0 Å². The summed E-state index contributed by atoms with van der Waals surface area (Å²) in [6.07, 6.45) is 8.65. The fourth-order valence-corrected chi connectivity index (χ4v) is 5.74.